The van der Waals surface area contributed by atoms with E-state index in [-0.39, 0.29) is 18.0 Å². The first-order valence-electron chi connectivity index (χ1n) is 29.2. The maximum absolute atomic E-state index is 11.9. The van der Waals surface area contributed by atoms with E-state index in [0.717, 1.165) is 130 Å². The van der Waals surface area contributed by atoms with Gasteiger partial charge in [-0.2, -0.15) is 0 Å². The number of rotatable bonds is 32. The van der Waals surface area contributed by atoms with Crippen molar-refractivity contribution in [3.05, 3.63) is 44.5 Å². The summed E-state index contributed by atoms with van der Waals surface area (Å²) in [6.07, 6.45) is 27.3. The van der Waals surface area contributed by atoms with E-state index in [1.165, 1.54) is 108 Å². The van der Waals surface area contributed by atoms with Crippen molar-refractivity contribution in [1.82, 2.24) is 0 Å². The molecule has 0 amide bonds. The van der Waals surface area contributed by atoms with E-state index in [1.54, 1.807) is 13.3 Å². The molecule has 74 heavy (non-hydrogen) atoms. The van der Waals surface area contributed by atoms with Crippen molar-refractivity contribution in [1.29, 1.82) is 0 Å². The third-order valence-corrected chi connectivity index (χ3v) is 17.8. The van der Waals surface area contributed by atoms with Gasteiger partial charge in [0.2, 0.25) is 0 Å². The number of hydrogen-bond acceptors (Lipinski definition) is 8. The molecule has 2 aromatic carbocycles. The molecule has 6 atom stereocenters. The maximum atomic E-state index is 11.9. The molecular weight excluding hydrogens is 967 g/mol. The highest BCUT2D eigenvalue weighted by atomic mass is 31.2. The van der Waals surface area contributed by atoms with E-state index >= 15 is 0 Å². The van der Waals surface area contributed by atoms with E-state index in [2.05, 4.69) is 94.5 Å². The minimum absolute atomic E-state index is 0.0119. The van der Waals surface area contributed by atoms with Crippen LogP contribution in [0.4, 0.5) is 0 Å². The SMILES string of the molecule is Cc1c(C)c2c(c(C)c1OCOP(=O)(O)O)CCC(C)(CCCC(C)CCCC(C)CCCC(C)C)O2.Cc1c(C)c2c(c(C)c1OCOP(C)(C)=O)CCC(C)(CCCC(C)CCCC(C)CCCC(C)C)O2. The van der Waals surface area contributed by atoms with Crippen molar-refractivity contribution in [2.24, 2.45) is 35.5 Å². The lowest BCUT2D eigenvalue weighted by molar-refractivity contribution is 0.0501. The number of phosphoric ester groups is 1. The molecule has 428 valence electrons. The highest BCUT2D eigenvalue weighted by Gasteiger charge is 2.36. The van der Waals surface area contributed by atoms with Gasteiger partial charge in [-0.05, 0) is 176 Å². The molecule has 0 aliphatic carbocycles. The molecule has 0 bridgehead atoms. The first kappa shape index (κ1) is 66.2. The smallest absolute Gasteiger partial charge is 0.472 e. The largest absolute Gasteiger partial charge is 0.487 e. The van der Waals surface area contributed by atoms with E-state index < -0.39 is 22.0 Å². The Morgan fingerprint density at radius 3 is 1.09 bits per heavy atom. The fourth-order valence-corrected chi connectivity index (χ4v) is 11.8. The Morgan fingerprint density at radius 1 is 0.473 bits per heavy atom. The zero-order valence-corrected chi connectivity index (χ0v) is 52.3. The topological polar surface area (TPSA) is 130 Å². The molecule has 0 radical (unpaired) electrons. The molecule has 12 heteroatoms. The predicted molar refractivity (Wildman–Crippen MR) is 310 cm³/mol. The van der Waals surface area contributed by atoms with Crippen LogP contribution >= 0.6 is 15.2 Å². The third-order valence-electron chi connectivity index (χ3n) is 16.7. The van der Waals surface area contributed by atoms with Crippen molar-refractivity contribution in [2.45, 2.75) is 263 Å². The second-order valence-electron chi connectivity index (χ2n) is 25.4. The van der Waals surface area contributed by atoms with Gasteiger partial charge in [-0.1, -0.05) is 145 Å². The monoisotopic (exact) mass is 1080 g/mol. The average Bonchev–Trinajstić information content (AvgIpc) is 3.29. The Morgan fingerprint density at radius 2 is 0.784 bits per heavy atom. The summed E-state index contributed by atoms with van der Waals surface area (Å²) in [5.41, 5.74) is 8.35. The summed E-state index contributed by atoms with van der Waals surface area (Å²) in [7, 11) is -7.14. The Labute approximate surface area is 453 Å². The summed E-state index contributed by atoms with van der Waals surface area (Å²) in [5.74, 6) is 8.39. The van der Waals surface area contributed by atoms with Crippen molar-refractivity contribution < 1.29 is 46.9 Å². The number of fused-ring (bicyclic) bond motifs is 2. The van der Waals surface area contributed by atoms with E-state index in [0.29, 0.717) is 5.75 Å². The lowest BCUT2D eigenvalue weighted by atomic mass is 9.83. The third kappa shape index (κ3) is 23.1. The predicted octanol–water partition coefficient (Wildman–Crippen LogP) is 18.6. The van der Waals surface area contributed by atoms with Crippen LogP contribution in [0.3, 0.4) is 0 Å². The van der Waals surface area contributed by atoms with Gasteiger partial charge in [0.05, 0.1) is 0 Å². The normalized spacial score (nSPS) is 19.4. The fourth-order valence-electron chi connectivity index (χ4n) is 11.3. The highest BCUT2D eigenvalue weighted by Crippen LogP contribution is 2.48. The summed E-state index contributed by atoms with van der Waals surface area (Å²) in [6.45, 7) is 38.5. The van der Waals surface area contributed by atoms with Crippen LogP contribution in [0.1, 0.15) is 242 Å². The molecule has 4 rings (SSSR count). The van der Waals surface area contributed by atoms with Crippen LogP contribution in [0.2, 0.25) is 0 Å². The summed E-state index contributed by atoms with van der Waals surface area (Å²) < 4.78 is 57.8. The van der Waals surface area contributed by atoms with Gasteiger partial charge in [-0.3, -0.25) is 9.09 Å². The first-order chi connectivity index (χ1) is 34.4. The molecule has 0 spiro atoms. The second-order valence-corrected chi connectivity index (χ2v) is 29.4. The highest BCUT2D eigenvalue weighted by molar-refractivity contribution is 7.57. The number of hydrogen-bond donors (Lipinski definition) is 2. The van der Waals surface area contributed by atoms with E-state index in [1.807, 2.05) is 20.8 Å². The van der Waals surface area contributed by atoms with Crippen LogP contribution in [0.5, 0.6) is 23.0 Å². The van der Waals surface area contributed by atoms with Crippen LogP contribution in [0, 0.1) is 77.0 Å². The first-order valence-corrected chi connectivity index (χ1v) is 33.3. The molecule has 2 aromatic rings. The van der Waals surface area contributed by atoms with Crippen molar-refractivity contribution >= 4 is 15.2 Å². The molecule has 2 aliphatic rings. The molecule has 0 fully saturated rings. The zero-order chi connectivity index (χ0) is 55.6. The van der Waals surface area contributed by atoms with Crippen LogP contribution in [-0.4, -0.2) is 47.9 Å². The Hall–Kier alpha value is -2.06. The van der Waals surface area contributed by atoms with Crippen LogP contribution in [0.25, 0.3) is 0 Å². The second kappa shape index (κ2) is 30.9. The van der Waals surface area contributed by atoms with Gasteiger partial charge in [0.15, 0.2) is 21.0 Å². The molecule has 0 saturated carbocycles. The molecule has 2 heterocycles. The average molecular weight is 1080 g/mol. The van der Waals surface area contributed by atoms with E-state index in [4.69, 9.17) is 33.3 Å². The number of phosphoric acid groups is 1. The van der Waals surface area contributed by atoms with Gasteiger partial charge in [0, 0.05) is 24.5 Å². The molecule has 10 nitrogen and oxygen atoms in total. The standard InChI is InChI=1S/C32H57O4P.C30H53O6P/c1-23(2)14-11-15-24(3)16-12-17-25(4)18-13-20-32(8)21-19-29-28(7)30(34-22-35-37(9,10)33)26(5)27(6)31(29)36-32;1-21(2)12-9-13-22(3)14-10-15-23(4)16-11-18-30(8)19-17-27-26(7)28(34-20-35-37(31,32)33)24(5)25(6)29(27)36-30/h23-25H,11-22H2,1-10H3;21-23H,9-20H2,1-8H3,(H2,31,32,33). The van der Waals surface area contributed by atoms with Crippen molar-refractivity contribution in [3.8, 4) is 23.0 Å². The Bertz CT molecular complexity index is 1960. The van der Waals surface area contributed by atoms with Gasteiger partial charge in [0.25, 0.3) is 0 Å². The summed E-state index contributed by atoms with van der Waals surface area (Å²) in [5, 5.41) is 0. The molecule has 2 aliphatic heterocycles. The lowest BCUT2D eigenvalue weighted by Gasteiger charge is -2.38. The van der Waals surface area contributed by atoms with Gasteiger partial charge in [-0.25, -0.2) is 9.09 Å². The zero-order valence-electron chi connectivity index (χ0n) is 50.5. The quantitative estimate of drug-likeness (QED) is 0.0539. The lowest BCUT2D eigenvalue weighted by Crippen LogP contribution is -2.37. The molecular formula is C62H110O10P2. The molecule has 0 saturated heterocycles. The van der Waals surface area contributed by atoms with Gasteiger partial charge < -0.3 is 28.7 Å². The van der Waals surface area contributed by atoms with Crippen LogP contribution in [0.15, 0.2) is 0 Å². The molecule has 6 unspecified atom stereocenters. The minimum atomic E-state index is -4.57. The summed E-state index contributed by atoms with van der Waals surface area (Å²) >= 11 is 0. The van der Waals surface area contributed by atoms with Crippen LogP contribution < -0.4 is 18.9 Å². The number of ether oxygens (including phenoxy) is 4. The molecule has 2 N–H and O–H groups in total. The maximum Gasteiger partial charge on any atom is 0.472 e. The molecule has 0 aromatic heterocycles. The fraction of sp³-hybridized carbons (Fsp3) is 0.806. The van der Waals surface area contributed by atoms with Gasteiger partial charge in [-0.15, -0.1) is 0 Å². The Kier molecular flexibility index (Phi) is 27.7. The van der Waals surface area contributed by atoms with Crippen molar-refractivity contribution in [3.63, 3.8) is 0 Å². The van der Waals surface area contributed by atoms with Crippen LogP contribution in [-0.2, 0) is 31.0 Å². The number of benzene rings is 2. The van der Waals surface area contributed by atoms with E-state index in [9.17, 15) is 9.13 Å². The van der Waals surface area contributed by atoms with Crippen molar-refractivity contribution in [2.75, 3.05) is 26.9 Å². The van der Waals surface area contributed by atoms with Gasteiger partial charge in [0.1, 0.15) is 34.2 Å². The minimum Gasteiger partial charge on any atom is -0.487 e. The van der Waals surface area contributed by atoms with Gasteiger partial charge >= 0.3 is 7.82 Å². The summed E-state index contributed by atoms with van der Waals surface area (Å²) in [6, 6.07) is 0. The Balaban J connectivity index is 0.000000390. The summed E-state index contributed by atoms with van der Waals surface area (Å²) in [4.78, 5) is 17.9.